The predicted octanol–water partition coefficient (Wildman–Crippen LogP) is 0.953. The average Bonchev–Trinajstić information content (AvgIpc) is 2.26. The summed E-state index contributed by atoms with van der Waals surface area (Å²) in [6.45, 7) is 6.92. The van der Waals surface area contributed by atoms with Gasteiger partial charge in [-0.15, -0.1) is 0 Å². The van der Waals surface area contributed by atoms with E-state index in [-0.39, 0.29) is 11.7 Å². The number of pyridine rings is 1. The molecule has 1 heterocycles. The van der Waals surface area contributed by atoms with Gasteiger partial charge in [-0.2, -0.15) is 0 Å². The van der Waals surface area contributed by atoms with Gasteiger partial charge in [0.2, 0.25) is 0 Å². The fraction of sp³-hybridized carbons (Fsp3) is 0.417. The molecule has 0 aromatic carbocycles. The average molecular weight is 250 g/mol. The quantitative estimate of drug-likeness (QED) is 0.322. The topological polar surface area (TPSA) is 101 Å². The van der Waals surface area contributed by atoms with E-state index in [0.29, 0.717) is 11.3 Å². The second-order valence-corrected chi connectivity index (χ2v) is 4.65. The minimum absolute atomic E-state index is 0.0615. The van der Waals surface area contributed by atoms with Gasteiger partial charge in [0.15, 0.2) is 5.84 Å². The van der Waals surface area contributed by atoms with Crippen molar-refractivity contribution in [2.24, 2.45) is 10.9 Å². The molecule has 0 aliphatic heterocycles. The zero-order valence-electron chi connectivity index (χ0n) is 11.0. The summed E-state index contributed by atoms with van der Waals surface area (Å²) in [5.74, 6) is -0.370. The summed E-state index contributed by atoms with van der Waals surface area (Å²) < 4.78 is 0. The van der Waals surface area contributed by atoms with Crippen molar-refractivity contribution >= 4 is 11.7 Å². The largest absolute Gasteiger partial charge is 0.409 e. The van der Waals surface area contributed by atoms with E-state index in [4.69, 9.17) is 10.9 Å². The Morgan fingerprint density at radius 2 is 2.06 bits per heavy atom. The van der Waals surface area contributed by atoms with Crippen LogP contribution >= 0.6 is 0 Å². The normalized spacial score (nSPS) is 12.3. The molecule has 0 spiro atoms. The van der Waals surface area contributed by atoms with E-state index in [2.05, 4.69) is 15.5 Å². The zero-order chi connectivity index (χ0) is 13.9. The first-order chi connectivity index (χ1) is 8.27. The molecule has 0 saturated heterocycles. The number of aryl methyl sites for hydroxylation is 2. The van der Waals surface area contributed by atoms with E-state index >= 15 is 0 Å². The predicted molar refractivity (Wildman–Crippen MR) is 68.7 cm³/mol. The molecule has 6 heteroatoms. The number of nitrogens with one attached hydrogen (secondary N) is 1. The maximum atomic E-state index is 12.1. The third-order valence-electron chi connectivity index (χ3n) is 2.64. The highest BCUT2D eigenvalue weighted by Crippen LogP contribution is 2.09. The standard InChI is InChI=1S/C12H18N4O2/c1-7-5-6-9(8(2)14-7)10(17)15-12(3,4)11(13)16-18/h5-6,18H,1-4H3,(H2,13,16)(H,15,17). The van der Waals surface area contributed by atoms with Gasteiger partial charge < -0.3 is 16.3 Å². The van der Waals surface area contributed by atoms with Crippen molar-refractivity contribution in [2.45, 2.75) is 33.2 Å². The van der Waals surface area contributed by atoms with Crippen LogP contribution in [0.4, 0.5) is 0 Å². The summed E-state index contributed by atoms with van der Waals surface area (Å²) in [5, 5.41) is 14.2. The lowest BCUT2D eigenvalue weighted by molar-refractivity contribution is 0.0930. The summed E-state index contributed by atoms with van der Waals surface area (Å²) >= 11 is 0. The number of nitrogens with two attached hydrogens (primary N) is 1. The third-order valence-corrected chi connectivity index (χ3v) is 2.64. The van der Waals surface area contributed by atoms with E-state index in [0.717, 1.165) is 5.69 Å². The summed E-state index contributed by atoms with van der Waals surface area (Å²) in [6, 6.07) is 3.47. The number of aromatic nitrogens is 1. The molecule has 18 heavy (non-hydrogen) atoms. The SMILES string of the molecule is Cc1ccc(C(=O)NC(C)(C)C(N)=NO)c(C)n1. The smallest absolute Gasteiger partial charge is 0.253 e. The summed E-state index contributed by atoms with van der Waals surface area (Å²) in [5.41, 5.74) is 6.54. The fourth-order valence-electron chi connectivity index (χ4n) is 1.47. The van der Waals surface area contributed by atoms with Crippen LogP contribution in [0.3, 0.4) is 0 Å². The van der Waals surface area contributed by atoms with Crippen LogP contribution in [-0.4, -0.2) is 27.5 Å². The Morgan fingerprint density at radius 3 is 2.56 bits per heavy atom. The molecule has 6 nitrogen and oxygen atoms in total. The number of amidine groups is 1. The molecule has 0 aliphatic carbocycles. The van der Waals surface area contributed by atoms with E-state index in [1.807, 2.05) is 6.92 Å². The fourth-order valence-corrected chi connectivity index (χ4v) is 1.47. The molecule has 1 rings (SSSR count). The number of hydrogen-bond acceptors (Lipinski definition) is 4. The molecule has 0 radical (unpaired) electrons. The Kier molecular flexibility index (Phi) is 3.90. The van der Waals surface area contributed by atoms with Gasteiger partial charge in [-0.25, -0.2) is 0 Å². The number of rotatable bonds is 3. The molecule has 1 aromatic heterocycles. The van der Waals surface area contributed by atoms with Gasteiger partial charge in [0, 0.05) is 5.69 Å². The highest BCUT2D eigenvalue weighted by molar-refractivity contribution is 6.00. The lowest BCUT2D eigenvalue weighted by Crippen LogP contribution is -2.53. The molecule has 1 aromatic rings. The summed E-state index contributed by atoms with van der Waals surface area (Å²) in [4.78, 5) is 16.3. The number of amides is 1. The number of oxime groups is 1. The van der Waals surface area contributed by atoms with Crippen LogP contribution in [-0.2, 0) is 0 Å². The van der Waals surface area contributed by atoms with E-state index < -0.39 is 5.54 Å². The van der Waals surface area contributed by atoms with E-state index in [1.54, 1.807) is 32.9 Å². The maximum absolute atomic E-state index is 12.1. The van der Waals surface area contributed by atoms with Gasteiger partial charge in [0.1, 0.15) is 0 Å². The molecule has 0 atom stereocenters. The Balaban J connectivity index is 2.96. The molecule has 4 N–H and O–H groups in total. The van der Waals surface area contributed by atoms with E-state index in [9.17, 15) is 4.79 Å². The molecule has 0 bridgehead atoms. The van der Waals surface area contributed by atoms with Crippen molar-refractivity contribution in [3.8, 4) is 0 Å². The Labute approximate surface area is 106 Å². The third kappa shape index (κ3) is 2.97. The first kappa shape index (κ1) is 14.0. The van der Waals surface area contributed by atoms with Gasteiger partial charge >= 0.3 is 0 Å². The van der Waals surface area contributed by atoms with Crippen LogP contribution in [0, 0.1) is 13.8 Å². The first-order valence-electron chi connectivity index (χ1n) is 5.52. The van der Waals surface area contributed by atoms with Crippen molar-refractivity contribution in [1.29, 1.82) is 0 Å². The molecular weight excluding hydrogens is 232 g/mol. The summed E-state index contributed by atoms with van der Waals surface area (Å²) in [6.07, 6.45) is 0. The molecule has 0 unspecified atom stereocenters. The Bertz CT molecular complexity index is 495. The lowest BCUT2D eigenvalue weighted by atomic mass is 10.0. The second-order valence-electron chi connectivity index (χ2n) is 4.65. The van der Waals surface area contributed by atoms with Crippen LogP contribution < -0.4 is 11.1 Å². The number of carbonyl (C=O) groups excluding carboxylic acids is 1. The van der Waals surface area contributed by atoms with Crippen LogP contribution in [0.2, 0.25) is 0 Å². The summed E-state index contributed by atoms with van der Waals surface area (Å²) in [7, 11) is 0. The highest BCUT2D eigenvalue weighted by Gasteiger charge is 2.26. The minimum atomic E-state index is -0.927. The van der Waals surface area contributed by atoms with Crippen molar-refractivity contribution in [1.82, 2.24) is 10.3 Å². The molecule has 98 valence electrons. The number of hydrogen-bond donors (Lipinski definition) is 3. The van der Waals surface area contributed by atoms with Crippen molar-refractivity contribution < 1.29 is 10.0 Å². The van der Waals surface area contributed by atoms with Crippen LogP contribution in [0.5, 0.6) is 0 Å². The molecule has 0 aliphatic rings. The van der Waals surface area contributed by atoms with Gasteiger partial charge in [-0.05, 0) is 39.8 Å². The molecule has 1 amide bonds. The van der Waals surface area contributed by atoms with Crippen molar-refractivity contribution in [3.63, 3.8) is 0 Å². The lowest BCUT2D eigenvalue weighted by Gasteiger charge is -2.24. The second kappa shape index (κ2) is 5.03. The maximum Gasteiger partial charge on any atom is 0.253 e. The Hall–Kier alpha value is -2.11. The molecular formula is C12H18N4O2. The first-order valence-corrected chi connectivity index (χ1v) is 5.52. The van der Waals surface area contributed by atoms with Gasteiger partial charge in [0.05, 0.1) is 16.8 Å². The zero-order valence-corrected chi connectivity index (χ0v) is 11.0. The van der Waals surface area contributed by atoms with Gasteiger partial charge in [-0.1, -0.05) is 5.16 Å². The van der Waals surface area contributed by atoms with Crippen LogP contribution in [0.25, 0.3) is 0 Å². The number of nitrogens with zero attached hydrogens (tertiary/aromatic N) is 2. The van der Waals surface area contributed by atoms with Crippen LogP contribution in [0.1, 0.15) is 35.6 Å². The van der Waals surface area contributed by atoms with Gasteiger partial charge in [-0.3, -0.25) is 9.78 Å². The van der Waals surface area contributed by atoms with Crippen molar-refractivity contribution in [3.05, 3.63) is 29.1 Å². The van der Waals surface area contributed by atoms with E-state index in [1.165, 1.54) is 0 Å². The Morgan fingerprint density at radius 1 is 1.44 bits per heavy atom. The molecule has 0 saturated carbocycles. The molecule has 0 fully saturated rings. The monoisotopic (exact) mass is 250 g/mol. The highest BCUT2D eigenvalue weighted by atomic mass is 16.4. The van der Waals surface area contributed by atoms with Gasteiger partial charge in [0.25, 0.3) is 5.91 Å². The van der Waals surface area contributed by atoms with Crippen LogP contribution in [0.15, 0.2) is 17.3 Å². The minimum Gasteiger partial charge on any atom is -0.409 e. The van der Waals surface area contributed by atoms with Crippen molar-refractivity contribution in [2.75, 3.05) is 0 Å². The number of carbonyl (C=O) groups is 1.